The molecule has 0 fully saturated rings. The van der Waals surface area contributed by atoms with E-state index in [9.17, 15) is 22.4 Å². The fraction of sp³-hybridized carbons (Fsp3) is 0.364. The number of aryl methyl sites for hydroxylation is 1. The summed E-state index contributed by atoms with van der Waals surface area (Å²) < 4.78 is 62.3. The normalized spacial score (nSPS) is 13.3. The third kappa shape index (κ3) is 5.18. The Labute approximate surface area is 201 Å². The summed E-state index contributed by atoms with van der Waals surface area (Å²) >= 11 is 2.76. The number of thiophene rings is 1. The Hall–Kier alpha value is -2.70. The molecule has 182 valence electrons. The molecule has 12 heteroatoms. The number of hydrogen-bond donors (Lipinski definition) is 1. The summed E-state index contributed by atoms with van der Waals surface area (Å²) in [6.45, 7) is -0.317. The number of anilines is 2. The first-order chi connectivity index (χ1) is 16.3. The van der Waals surface area contributed by atoms with Crippen molar-refractivity contribution in [3.05, 3.63) is 45.2 Å². The monoisotopic (exact) mass is 515 g/mol. The maximum Gasteiger partial charge on any atom is 0.387 e. The number of nitrogens with zero attached hydrogens (tertiary/aromatic N) is 2. The number of aromatic nitrogens is 1. The molecule has 1 N–H and O–H groups in total. The van der Waals surface area contributed by atoms with Crippen molar-refractivity contribution in [2.45, 2.75) is 39.4 Å². The van der Waals surface area contributed by atoms with E-state index in [0.29, 0.717) is 13.3 Å². The average Bonchev–Trinajstić information content (AvgIpc) is 3.37. The van der Waals surface area contributed by atoms with Crippen molar-refractivity contribution in [2.24, 2.45) is 0 Å². The highest BCUT2D eigenvalue weighted by Gasteiger charge is 2.25. The van der Waals surface area contributed by atoms with Crippen LogP contribution in [0.5, 0.6) is 5.75 Å². The van der Waals surface area contributed by atoms with E-state index in [1.54, 1.807) is 11.3 Å². The summed E-state index contributed by atoms with van der Waals surface area (Å²) in [5.74, 6) is -3.97. The van der Waals surface area contributed by atoms with E-state index in [2.05, 4.69) is 22.0 Å². The molecule has 6 nitrogen and oxygen atoms in total. The Morgan fingerprint density at radius 1 is 1.32 bits per heavy atom. The maximum atomic E-state index is 14.0. The zero-order valence-corrected chi connectivity index (χ0v) is 19.9. The molecule has 0 atom stereocenters. The van der Waals surface area contributed by atoms with E-state index in [-0.39, 0.29) is 28.7 Å². The minimum Gasteiger partial charge on any atom is -0.429 e. The molecule has 1 aliphatic rings. The van der Waals surface area contributed by atoms with Crippen LogP contribution < -0.4 is 15.0 Å². The number of rotatable bonds is 8. The number of benzene rings is 1. The lowest BCUT2D eigenvalue weighted by atomic mass is 10.0. The van der Waals surface area contributed by atoms with Gasteiger partial charge < -0.3 is 19.7 Å². The largest absolute Gasteiger partial charge is 0.429 e. The molecular formula is C22H21F4N3O3S2. The van der Waals surface area contributed by atoms with Gasteiger partial charge in [-0.1, -0.05) is 13.3 Å². The van der Waals surface area contributed by atoms with Crippen molar-refractivity contribution in [2.75, 3.05) is 24.0 Å². The molecule has 0 unspecified atom stereocenters. The Morgan fingerprint density at radius 2 is 2.06 bits per heavy atom. The van der Waals surface area contributed by atoms with Crippen molar-refractivity contribution in [1.29, 1.82) is 0 Å². The highest BCUT2D eigenvalue weighted by molar-refractivity contribution is 7.16. The number of thiazole rings is 1. The Morgan fingerprint density at radius 3 is 2.74 bits per heavy atom. The first-order valence-corrected chi connectivity index (χ1v) is 12.1. The second kappa shape index (κ2) is 10.3. The van der Waals surface area contributed by atoms with E-state index in [1.165, 1.54) is 5.38 Å². The summed E-state index contributed by atoms with van der Waals surface area (Å²) in [5, 5.41) is 5.60. The second-order valence-electron chi connectivity index (χ2n) is 7.62. The van der Waals surface area contributed by atoms with Crippen molar-refractivity contribution in [1.82, 2.24) is 4.98 Å². The number of alkyl halides is 2. The van der Waals surface area contributed by atoms with Crippen molar-refractivity contribution in [3.8, 4) is 17.0 Å². The van der Waals surface area contributed by atoms with E-state index in [0.717, 1.165) is 57.3 Å². The maximum absolute atomic E-state index is 14.0. The molecule has 3 heterocycles. The van der Waals surface area contributed by atoms with Crippen LogP contribution in [0.1, 0.15) is 29.3 Å². The number of carbonyl (C=O) groups excluding carboxylic acids is 1. The molecule has 0 aliphatic carbocycles. The molecule has 0 saturated carbocycles. The summed E-state index contributed by atoms with van der Waals surface area (Å²) in [4.78, 5) is 20.2. The number of fused-ring (bicyclic) bond motifs is 1. The summed E-state index contributed by atoms with van der Waals surface area (Å²) in [5.41, 5.74) is 2.21. The van der Waals surface area contributed by atoms with Crippen LogP contribution >= 0.6 is 22.7 Å². The van der Waals surface area contributed by atoms with Crippen LogP contribution in [0.4, 0.5) is 27.7 Å². The molecule has 2 aromatic heterocycles. The molecule has 1 amide bonds. The Balaban J connectivity index is 1.50. The van der Waals surface area contributed by atoms with Crippen LogP contribution in [0.2, 0.25) is 0 Å². The SMILES string of the molecule is CCCc1sc2c(c1CC(=O)Nc1nc(-c3cc(F)c(OC(F)F)c(F)c3)cs1)COCN2C. The van der Waals surface area contributed by atoms with E-state index < -0.39 is 24.0 Å². The highest BCUT2D eigenvalue weighted by atomic mass is 32.1. The minimum absolute atomic E-state index is 0.0330. The van der Waals surface area contributed by atoms with Gasteiger partial charge in [0.05, 0.1) is 23.7 Å². The van der Waals surface area contributed by atoms with Gasteiger partial charge in [-0.3, -0.25) is 4.79 Å². The van der Waals surface area contributed by atoms with Crippen LogP contribution in [0.25, 0.3) is 11.3 Å². The lowest BCUT2D eigenvalue weighted by Crippen LogP contribution is -2.26. The standard InChI is InChI=1S/C22H21F4N3O3S2/c1-3-4-17-12(13-8-31-10-29(2)20(13)34-17)7-18(30)28-22-27-16(9-33-22)11-5-14(23)19(15(24)6-11)32-21(25)26/h5-6,9,21H,3-4,7-8,10H2,1-2H3,(H,27,28,30). The van der Waals surface area contributed by atoms with Gasteiger partial charge in [-0.25, -0.2) is 13.8 Å². The van der Waals surface area contributed by atoms with Gasteiger partial charge in [0.1, 0.15) is 6.73 Å². The first-order valence-electron chi connectivity index (χ1n) is 10.4. The minimum atomic E-state index is -3.35. The van der Waals surface area contributed by atoms with Crippen LogP contribution in [-0.4, -0.2) is 31.3 Å². The molecule has 0 spiro atoms. The highest BCUT2D eigenvalue weighted by Crippen LogP contribution is 2.39. The van der Waals surface area contributed by atoms with Gasteiger partial charge in [0, 0.05) is 28.4 Å². The Kier molecular flexibility index (Phi) is 7.39. The van der Waals surface area contributed by atoms with Crippen molar-refractivity contribution >= 4 is 38.7 Å². The topological polar surface area (TPSA) is 63.7 Å². The van der Waals surface area contributed by atoms with Gasteiger partial charge in [-0.15, -0.1) is 22.7 Å². The zero-order valence-electron chi connectivity index (χ0n) is 18.3. The number of nitrogens with one attached hydrogen (secondary N) is 1. The Bertz CT molecular complexity index is 1180. The molecule has 1 aliphatic heterocycles. The lowest BCUT2D eigenvalue weighted by molar-refractivity contribution is -0.115. The predicted octanol–water partition coefficient (Wildman–Crippen LogP) is 5.81. The predicted molar refractivity (Wildman–Crippen MR) is 123 cm³/mol. The summed E-state index contributed by atoms with van der Waals surface area (Å²) in [7, 11) is 1.95. The quantitative estimate of drug-likeness (QED) is 0.384. The number of carbonyl (C=O) groups is 1. The first kappa shape index (κ1) is 24.4. The van der Waals surface area contributed by atoms with Gasteiger partial charge in [-0.2, -0.15) is 8.78 Å². The molecular weight excluding hydrogens is 494 g/mol. The third-order valence-corrected chi connectivity index (χ3v) is 7.33. The van der Waals surface area contributed by atoms with Crippen LogP contribution in [0, 0.1) is 11.6 Å². The van der Waals surface area contributed by atoms with E-state index in [1.807, 2.05) is 11.9 Å². The van der Waals surface area contributed by atoms with Gasteiger partial charge >= 0.3 is 6.61 Å². The van der Waals surface area contributed by atoms with Crippen LogP contribution in [0.15, 0.2) is 17.5 Å². The molecule has 3 aromatic rings. The zero-order chi connectivity index (χ0) is 24.4. The van der Waals surface area contributed by atoms with Gasteiger partial charge in [-0.05, 0) is 24.1 Å². The fourth-order valence-electron chi connectivity index (χ4n) is 3.67. The molecule has 34 heavy (non-hydrogen) atoms. The van der Waals surface area contributed by atoms with Crippen molar-refractivity contribution in [3.63, 3.8) is 0 Å². The lowest BCUT2D eigenvalue weighted by Gasteiger charge is -2.24. The third-order valence-electron chi connectivity index (χ3n) is 5.12. The molecule has 1 aromatic carbocycles. The molecule has 0 bridgehead atoms. The smallest absolute Gasteiger partial charge is 0.387 e. The number of halogens is 4. The van der Waals surface area contributed by atoms with E-state index in [4.69, 9.17) is 4.74 Å². The molecule has 0 saturated heterocycles. The van der Waals surface area contributed by atoms with Gasteiger partial charge in [0.15, 0.2) is 22.5 Å². The molecule has 4 rings (SSSR count). The summed E-state index contributed by atoms with van der Waals surface area (Å²) in [6.07, 6.45) is 1.96. The fourth-order valence-corrected chi connectivity index (χ4v) is 5.78. The number of amides is 1. The summed E-state index contributed by atoms with van der Waals surface area (Å²) in [6, 6.07) is 1.71. The van der Waals surface area contributed by atoms with Gasteiger partial charge in [0.2, 0.25) is 5.91 Å². The van der Waals surface area contributed by atoms with E-state index >= 15 is 0 Å². The van der Waals surface area contributed by atoms with Crippen LogP contribution in [0.3, 0.4) is 0 Å². The second-order valence-corrected chi connectivity index (χ2v) is 9.57. The molecule has 0 radical (unpaired) electrons. The van der Waals surface area contributed by atoms with Gasteiger partial charge in [0.25, 0.3) is 0 Å². The van der Waals surface area contributed by atoms with Crippen LogP contribution in [-0.2, 0) is 29.0 Å². The number of hydrogen-bond acceptors (Lipinski definition) is 7. The number of ether oxygens (including phenoxy) is 2. The van der Waals surface area contributed by atoms with Crippen molar-refractivity contribution < 1.29 is 31.8 Å². The average molecular weight is 516 g/mol.